The van der Waals surface area contributed by atoms with Gasteiger partial charge in [0.2, 0.25) is 5.91 Å². The molecule has 0 saturated carbocycles. The van der Waals surface area contributed by atoms with Gasteiger partial charge in [0.05, 0.1) is 11.4 Å². The van der Waals surface area contributed by atoms with Crippen molar-refractivity contribution >= 4 is 23.1 Å². The zero-order valence-electron chi connectivity index (χ0n) is 17.1. The van der Waals surface area contributed by atoms with Crippen LogP contribution in [0, 0.1) is 11.7 Å². The van der Waals surface area contributed by atoms with Crippen molar-refractivity contribution in [1.82, 2.24) is 10.3 Å². The molecule has 30 heavy (non-hydrogen) atoms. The highest BCUT2D eigenvalue weighted by Crippen LogP contribution is 2.43. The van der Waals surface area contributed by atoms with Crippen LogP contribution >= 0.6 is 0 Å². The van der Waals surface area contributed by atoms with Crippen molar-refractivity contribution in [3.05, 3.63) is 53.1 Å². The summed E-state index contributed by atoms with van der Waals surface area (Å²) >= 11 is 0. The summed E-state index contributed by atoms with van der Waals surface area (Å²) in [7, 11) is 1.93. The van der Waals surface area contributed by atoms with E-state index in [0.717, 1.165) is 23.2 Å². The molecule has 2 unspecified atom stereocenters. The van der Waals surface area contributed by atoms with Gasteiger partial charge >= 0.3 is 0 Å². The number of aromatic nitrogens is 1. The minimum Gasteiger partial charge on any atom is -0.372 e. The van der Waals surface area contributed by atoms with Crippen molar-refractivity contribution < 1.29 is 19.1 Å². The van der Waals surface area contributed by atoms with Gasteiger partial charge in [-0.05, 0) is 24.1 Å². The van der Waals surface area contributed by atoms with E-state index < -0.39 is 23.8 Å². The first-order valence-corrected chi connectivity index (χ1v) is 10.2. The molecule has 2 aliphatic rings. The topological polar surface area (TPSA) is 85.8 Å². The van der Waals surface area contributed by atoms with E-state index in [-0.39, 0.29) is 11.5 Å². The molecule has 2 N–H and O–H groups in total. The summed E-state index contributed by atoms with van der Waals surface area (Å²) in [4.78, 5) is 33.8. The predicted octanol–water partition coefficient (Wildman–Crippen LogP) is 1.72. The van der Waals surface area contributed by atoms with Gasteiger partial charge in [0.1, 0.15) is 23.7 Å². The number of likely N-dealkylation sites (N-methyl/N-ethyl adjacent to an activating group) is 1. The van der Waals surface area contributed by atoms with Crippen LogP contribution in [0.2, 0.25) is 0 Å². The van der Waals surface area contributed by atoms with Gasteiger partial charge in [-0.25, -0.2) is 4.39 Å². The normalized spacial score (nSPS) is 20.2. The van der Waals surface area contributed by atoms with Crippen molar-refractivity contribution in [2.24, 2.45) is 5.92 Å². The largest absolute Gasteiger partial charge is 0.372 e. The lowest BCUT2D eigenvalue weighted by Crippen LogP contribution is -2.57. The quantitative estimate of drug-likeness (QED) is 0.728. The maximum atomic E-state index is 13.3. The van der Waals surface area contributed by atoms with E-state index in [1.54, 1.807) is 23.2 Å². The molecule has 0 bridgehead atoms. The molecule has 0 radical (unpaired) electrons. The van der Waals surface area contributed by atoms with Gasteiger partial charge in [0, 0.05) is 44.9 Å². The average molecular weight is 412 g/mol. The van der Waals surface area contributed by atoms with E-state index in [1.165, 1.54) is 12.1 Å². The van der Waals surface area contributed by atoms with E-state index in [1.807, 2.05) is 18.9 Å². The van der Waals surface area contributed by atoms with Crippen molar-refractivity contribution in [1.29, 1.82) is 0 Å². The number of Topliss-reactive ketones (excluding diaryl/α,β-unsaturated/α-hetero) is 1. The maximum absolute atomic E-state index is 13.3. The van der Waals surface area contributed by atoms with Crippen LogP contribution in [0.25, 0.3) is 0 Å². The van der Waals surface area contributed by atoms with Crippen LogP contribution in [0.1, 0.15) is 35.0 Å². The summed E-state index contributed by atoms with van der Waals surface area (Å²) < 4.78 is 13.3. The number of halogens is 1. The predicted molar refractivity (Wildman–Crippen MR) is 111 cm³/mol. The molecule has 7 nitrogen and oxygen atoms in total. The first-order valence-electron chi connectivity index (χ1n) is 10.2. The molecule has 1 aromatic carbocycles. The molecular formula is C22H25FN4O3. The number of benzene rings is 1. The number of nitrogens with one attached hydrogen (secondary N) is 1. The lowest BCUT2D eigenvalue weighted by atomic mass is 9.88. The van der Waals surface area contributed by atoms with Gasteiger partial charge in [-0.1, -0.05) is 19.1 Å². The van der Waals surface area contributed by atoms with Crippen LogP contribution in [0.5, 0.6) is 0 Å². The van der Waals surface area contributed by atoms with Crippen LogP contribution in [0.15, 0.2) is 30.5 Å². The van der Waals surface area contributed by atoms with Crippen molar-refractivity contribution in [3.63, 3.8) is 0 Å². The monoisotopic (exact) mass is 412 g/mol. The highest BCUT2D eigenvalue weighted by molar-refractivity contribution is 6.15. The zero-order valence-corrected chi connectivity index (χ0v) is 17.1. The molecule has 1 aromatic heterocycles. The fourth-order valence-electron chi connectivity index (χ4n) is 4.18. The summed E-state index contributed by atoms with van der Waals surface area (Å²) in [6.45, 7) is 3.47. The zero-order chi connectivity index (χ0) is 21.4. The molecule has 0 saturated heterocycles. The minimum atomic E-state index is -1.24. The standard InChI is InChI=1S/C22H25FN4O3/c1-3-8-24-21(29)16-20(28)17-19-18(26(2)9-10-27(19)22(16)30)14(12-25-17)11-13-4-6-15(23)7-5-13/h4-7,12,16,22,30H,3,8-11H2,1-2H3,(H,24,29). The van der Waals surface area contributed by atoms with Crippen LogP contribution in [0.3, 0.4) is 0 Å². The van der Waals surface area contributed by atoms with E-state index in [9.17, 15) is 19.1 Å². The number of anilines is 2. The number of rotatable bonds is 5. The Bertz CT molecular complexity index is 979. The molecule has 1 amide bonds. The average Bonchev–Trinajstić information content (AvgIpc) is 2.73. The Morgan fingerprint density at radius 1 is 1.27 bits per heavy atom. The van der Waals surface area contributed by atoms with Gasteiger partial charge < -0.3 is 20.2 Å². The third-order valence-electron chi connectivity index (χ3n) is 5.72. The van der Waals surface area contributed by atoms with Gasteiger partial charge in [-0.15, -0.1) is 0 Å². The number of aliphatic hydroxyl groups is 1. The highest BCUT2D eigenvalue weighted by Gasteiger charge is 2.47. The SMILES string of the molecule is CCCNC(=O)C1C(=O)c2ncc(Cc3ccc(F)cc3)c3c2N(CCN3C)C1O. The number of pyridine rings is 1. The molecule has 0 fully saturated rings. The summed E-state index contributed by atoms with van der Waals surface area (Å²) in [6, 6.07) is 6.26. The Kier molecular flexibility index (Phi) is 5.42. The number of aliphatic hydroxyl groups excluding tert-OH is 1. The Balaban J connectivity index is 1.75. The number of carbonyl (C=O) groups is 2. The third kappa shape index (κ3) is 3.41. The second kappa shape index (κ2) is 8.02. The molecule has 158 valence electrons. The van der Waals surface area contributed by atoms with E-state index in [4.69, 9.17) is 0 Å². The van der Waals surface area contributed by atoms with Crippen LogP contribution in [-0.4, -0.2) is 54.7 Å². The Labute approximate surface area is 174 Å². The number of hydrogen-bond acceptors (Lipinski definition) is 6. The smallest absolute Gasteiger partial charge is 0.235 e. The van der Waals surface area contributed by atoms with Gasteiger partial charge in [-0.3, -0.25) is 14.6 Å². The second-order valence-corrected chi connectivity index (χ2v) is 7.79. The number of hydrogen-bond donors (Lipinski definition) is 2. The van der Waals surface area contributed by atoms with Crippen LogP contribution in [-0.2, 0) is 11.2 Å². The third-order valence-corrected chi connectivity index (χ3v) is 5.72. The lowest BCUT2D eigenvalue weighted by molar-refractivity contribution is -0.126. The fourth-order valence-corrected chi connectivity index (χ4v) is 4.18. The summed E-state index contributed by atoms with van der Waals surface area (Å²) in [5.41, 5.74) is 3.39. The molecule has 2 aliphatic heterocycles. The second-order valence-electron chi connectivity index (χ2n) is 7.79. The molecule has 2 aromatic rings. The highest BCUT2D eigenvalue weighted by atomic mass is 19.1. The van der Waals surface area contributed by atoms with Gasteiger partial charge in [0.15, 0.2) is 5.78 Å². The summed E-state index contributed by atoms with van der Waals surface area (Å²) in [5, 5.41) is 13.6. The van der Waals surface area contributed by atoms with Crippen LogP contribution < -0.4 is 15.1 Å². The molecule has 8 heteroatoms. The number of carbonyl (C=O) groups excluding carboxylic acids is 2. The maximum Gasteiger partial charge on any atom is 0.235 e. The molecule has 4 rings (SSSR count). The van der Waals surface area contributed by atoms with Crippen LogP contribution in [0.4, 0.5) is 15.8 Å². The van der Waals surface area contributed by atoms with Gasteiger partial charge in [0.25, 0.3) is 0 Å². The Hall–Kier alpha value is -3.00. The minimum absolute atomic E-state index is 0.210. The molecular weight excluding hydrogens is 387 g/mol. The number of amides is 1. The molecule has 0 aliphatic carbocycles. The van der Waals surface area contributed by atoms with E-state index in [0.29, 0.717) is 31.7 Å². The Morgan fingerprint density at radius 2 is 2.00 bits per heavy atom. The van der Waals surface area contributed by atoms with E-state index >= 15 is 0 Å². The first kappa shape index (κ1) is 20.3. The summed E-state index contributed by atoms with van der Waals surface area (Å²) in [5.74, 6) is -2.44. The first-order chi connectivity index (χ1) is 14.4. The number of nitrogens with zero attached hydrogens (tertiary/aromatic N) is 3. The van der Waals surface area contributed by atoms with Crippen molar-refractivity contribution in [2.45, 2.75) is 26.0 Å². The molecule has 3 heterocycles. The molecule has 0 spiro atoms. The Morgan fingerprint density at radius 3 is 2.70 bits per heavy atom. The van der Waals surface area contributed by atoms with E-state index in [2.05, 4.69) is 10.3 Å². The number of ketones is 1. The molecule has 2 atom stereocenters. The van der Waals surface area contributed by atoms with Gasteiger partial charge in [-0.2, -0.15) is 0 Å². The van der Waals surface area contributed by atoms with Crippen molar-refractivity contribution in [2.75, 3.05) is 36.5 Å². The summed E-state index contributed by atoms with van der Waals surface area (Å²) in [6.07, 6.45) is 1.66. The fraction of sp³-hybridized carbons (Fsp3) is 0.409. The van der Waals surface area contributed by atoms with Crippen molar-refractivity contribution in [3.8, 4) is 0 Å². The lowest BCUT2D eigenvalue weighted by Gasteiger charge is -2.45.